The molecule has 2 N–H and O–H groups in total. The van der Waals surface area contributed by atoms with E-state index in [9.17, 15) is 9.59 Å². The minimum atomic E-state index is -0.0737. The zero-order chi connectivity index (χ0) is 13.8. The maximum Gasteiger partial charge on any atom is 0.225 e. The van der Waals surface area contributed by atoms with E-state index in [1.807, 2.05) is 6.92 Å². The molecule has 0 aromatic heterocycles. The average molecular weight is 268 g/mol. The Hall–Kier alpha value is -1.10. The van der Waals surface area contributed by atoms with Gasteiger partial charge in [0.1, 0.15) is 0 Å². The fourth-order valence-corrected chi connectivity index (χ4v) is 2.79. The normalized spacial score (nSPS) is 24.3. The zero-order valence-electron chi connectivity index (χ0n) is 11.6. The van der Waals surface area contributed by atoms with Crippen molar-refractivity contribution in [1.29, 1.82) is 0 Å². The van der Waals surface area contributed by atoms with Crippen molar-refractivity contribution in [3.05, 3.63) is 0 Å². The number of hydrogen-bond acceptors (Lipinski definition) is 3. The molecule has 1 aliphatic carbocycles. The van der Waals surface area contributed by atoms with Crippen LogP contribution in [0.4, 0.5) is 0 Å². The highest BCUT2D eigenvalue weighted by atomic mass is 16.3. The lowest BCUT2D eigenvalue weighted by molar-refractivity contribution is -0.130. The van der Waals surface area contributed by atoms with Crippen molar-refractivity contribution in [2.45, 2.75) is 45.1 Å². The molecule has 0 bridgehead atoms. The number of aliphatic hydroxyl groups is 1. The first-order valence-corrected chi connectivity index (χ1v) is 7.34. The molecule has 1 aliphatic heterocycles. The first kappa shape index (κ1) is 14.3. The standard InChI is InChI=1S/C14H24N2O3/c1-2-13(18)16-7-5-11(9-16)14(19)15-12(6-8-17)10-3-4-10/h10-12,17H,2-9H2,1H3,(H,15,19). The van der Waals surface area contributed by atoms with Crippen LogP contribution in [0.2, 0.25) is 0 Å². The van der Waals surface area contributed by atoms with Crippen molar-refractivity contribution in [3.8, 4) is 0 Å². The minimum absolute atomic E-state index is 0.0525. The third-order valence-electron chi connectivity index (χ3n) is 4.17. The summed E-state index contributed by atoms with van der Waals surface area (Å²) in [5.74, 6) is 0.655. The molecule has 0 radical (unpaired) electrons. The van der Waals surface area contributed by atoms with Crippen LogP contribution in [0.1, 0.15) is 39.0 Å². The van der Waals surface area contributed by atoms with Gasteiger partial charge in [-0.25, -0.2) is 0 Å². The number of carbonyl (C=O) groups is 2. The number of hydrogen-bond donors (Lipinski definition) is 2. The molecular weight excluding hydrogens is 244 g/mol. The van der Waals surface area contributed by atoms with Crippen LogP contribution in [0.5, 0.6) is 0 Å². The molecule has 1 heterocycles. The molecule has 2 unspecified atom stereocenters. The molecule has 2 amide bonds. The fourth-order valence-electron chi connectivity index (χ4n) is 2.79. The Kier molecular flexibility index (Phi) is 4.80. The quantitative estimate of drug-likeness (QED) is 0.738. The lowest BCUT2D eigenvalue weighted by Crippen LogP contribution is -2.41. The smallest absolute Gasteiger partial charge is 0.225 e. The molecule has 0 aromatic rings. The van der Waals surface area contributed by atoms with Crippen LogP contribution in [0.25, 0.3) is 0 Å². The van der Waals surface area contributed by atoms with Gasteiger partial charge in [0, 0.05) is 32.2 Å². The molecule has 5 heteroatoms. The van der Waals surface area contributed by atoms with Crippen molar-refractivity contribution in [1.82, 2.24) is 10.2 Å². The second-order valence-corrected chi connectivity index (χ2v) is 5.64. The Bertz CT molecular complexity index is 342. The Balaban J connectivity index is 1.81. The van der Waals surface area contributed by atoms with Crippen molar-refractivity contribution >= 4 is 11.8 Å². The SMILES string of the molecule is CCC(=O)N1CCC(C(=O)NC(CCO)C2CC2)C1. The molecule has 1 saturated heterocycles. The van der Waals surface area contributed by atoms with Crippen LogP contribution in [-0.2, 0) is 9.59 Å². The van der Waals surface area contributed by atoms with Crippen molar-refractivity contribution < 1.29 is 14.7 Å². The molecule has 2 aliphatic rings. The van der Waals surface area contributed by atoms with Gasteiger partial charge in [-0.15, -0.1) is 0 Å². The lowest BCUT2D eigenvalue weighted by Gasteiger charge is -2.20. The predicted molar refractivity (Wildman–Crippen MR) is 71.3 cm³/mol. The van der Waals surface area contributed by atoms with Crippen molar-refractivity contribution in [2.24, 2.45) is 11.8 Å². The molecule has 2 fully saturated rings. The average Bonchev–Trinajstić information content (AvgIpc) is 3.14. The molecule has 1 saturated carbocycles. The Morgan fingerprint density at radius 1 is 1.37 bits per heavy atom. The number of rotatable bonds is 6. The minimum Gasteiger partial charge on any atom is -0.396 e. The van der Waals surface area contributed by atoms with Gasteiger partial charge in [0.2, 0.25) is 11.8 Å². The molecule has 19 heavy (non-hydrogen) atoms. The largest absolute Gasteiger partial charge is 0.396 e. The number of likely N-dealkylation sites (tertiary alicyclic amines) is 1. The second kappa shape index (κ2) is 6.37. The highest BCUT2D eigenvalue weighted by molar-refractivity contribution is 5.82. The van der Waals surface area contributed by atoms with Crippen LogP contribution >= 0.6 is 0 Å². The Morgan fingerprint density at radius 2 is 2.11 bits per heavy atom. The molecule has 2 rings (SSSR count). The highest BCUT2D eigenvalue weighted by Crippen LogP contribution is 2.34. The van der Waals surface area contributed by atoms with E-state index in [1.54, 1.807) is 4.90 Å². The first-order valence-electron chi connectivity index (χ1n) is 7.34. The number of nitrogens with one attached hydrogen (secondary N) is 1. The maximum atomic E-state index is 12.2. The second-order valence-electron chi connectivity index (χ2n) is 5.64. The van der Waals surface area contributed by atoms with E-state index >= 15 is 0 Å². The van der Waals surface area contributed by atoms with Crippen LogP contribution in [0, 0.1) is 11.8 Å². The Labute approximate surface area is 114 Å². The van der Waals surface area contributed by atoms with Crippen LogP contribution in [0.3, 0.4) is 0 Å². The van der Waals surface area contributed by atoms with Gasteiger partial charge >= 0.3 is 0 Å². The van der Waals surface area contributed by atoms with E-state index in [2.05, 4.69) is 5.32 Å². The van der Waals surface area contributed by atoms with E-state index in [4.69, 9.17) is 5.11 Å². The Morgan fingerprint density at radius 3 is 2.68 bits per heavy atom. The summed E-state index contributed by atoms with van der Waals surface area (Å²) in [5.41, 5.74) is 0. The van der Waals surface area contributed by atoms with Gasteiger partial charge in [-0.3, -0.25) is 9.59 Å². The zero-order valence-corrected chi connectivity index (χ0v) is 11.6. The van der Waals surface area contributed by atoms with E-state index in [-0.39, 0.29) is 30.4 Å². The molecule has 0 aromatic carbocycles. The maximum absolute atomic E-state index is 12.2. The van der Waals surface area contributed by atoms with E-state index in [1.165, 1.54) is 0 Å². The van der Waals surface area contributed by atoms with Crippen molar-refractivity contribution in [3.63, 3.8) is 0 Å². The molecule has 5 nitrogen and oxygen atoms in total. The monoisotopic (exact) mass is 268 g/mol. The van der Waals surface area contributed by atoms with Crippen LogP contribution < -0.4 is 5.32 Å². The fraction of sp³-hybridized carbons (Fsp3) is 0.857. The summed E-state index contributed by atoms with van der Waals surface area (Å²) < 4.78 is 0. The summed E-state index contributed by atoms with van der Waals surface area (Å²) in [5, 5.41) is 12.1. The molecule has 108 valence electrons. The first-order chi connectivity index (χ1) is 9.15. The van der Waals surface area contributed by atoms with Crippen LogP contribution in [-0.4, -0.2) is 47.6 Å². The number of carbonyl (C=O) groups excluding carboxylic acids is 2. The number of aliphatic hydroxyl groups excluding tert-OH is 1. The third-order valence-corrected chi connectivity index (χ3v) is 4.17. The summed E-state index contributed by atoms with van der Waals surface area (Å²) in [6.45, 7) is 3.21. The van der Waals surface area contributed by atoms with E-state index in [0.29, 0.717) is 31.8 Å². The summed E-state index contributed by atoms with van der Waals surface area (Å²) in [4.78, 5) is 25.6. The van der Waals surface area contributed by atoms with Crippen molar-refractivity contribution in [2.75, 3.05) is 19.7 Å². The topological polar surface area (TPSA) is 69.6 Å². The molecule has 0 spiro atoms. The van der Waals surface area contributed by atoms with Gasteiger partial charge < -0.3 is 15.3 Å². The van der Waals surface area contributed by atoms with Gasteiger partial charge in [0.05, 0.1) is 5.92 Å². The number of amides is 2. The predicted octanol–water partition coefficient (Wildman–Crippen LogP) is 0.522. The summed E-state index contributed by atoms with van der Waals surface area (Å²) in [6, 6.07) is 0.119. The summed E-state index contributed by atoms with van der Waals surface area (Å²) >= 11 is 0. The van der Waals surface area contributed by atoms with Gasteiger partial charge in [-0.2, -0.15) is 0 Å². The van der Waals surface area contributed by atoms with Crippen LogP contribution in [0.15, 0.2) is 0 Å². The van der Waals surface area contributed by atoms with E-state index in [0.717, 1.165) is 19.3 Å². The van der Waals surface area contributed by atoms with Gasteiger partial charge in [0.25, 0.3) is 0 Å². The third kappa shape index (κ3) is 3.69. The molecule has 2 atom stereocenters. The number of nitrogens with zero attached hydrogens (tertiary/aromatic N) is 1. The lowest BCUT2D eigenvalue weighted by atomic mass is 10.1. The van der Waals surface area contributed by atoms with Gasteiger partial charge in [0.15, 0.2) is 0 Å². The summed E-state index contributed by atoms with van der Waals surface area (Å²) in [6.07, 6.45) is 4.20. The van der Waals surface area contributed by atoms with E-state index < -0.39 is 0 Å². The van der Waals surface area contributed by atoms with Gasteiger partial charge in [-0.1, -0.05) is 6.92 Å². The molecular formula is C14H24N2O3. The highest BCUT2D eigenvalue weighted by Gasteiger charge is 2.35. The summed E-state index contributed by atoms with van der Waals surface area (Å²) in [7, 11) is 0. The van der Waals surface area contributed by atoms with Gasteiger partial charge in [-0.05, 0) is 31.6 Å².